The Kier molecular flexibility index (Phi) is 14.9. The Hall–Kier alpha value is -1.57. The Bertz CT molecular complexity index is 673. The average molecular weight is 440 g/mol. The maximum atomic E-state index is 2.46. The van der Waals surface area contributed by atoms with Crippen LogP contribution >= 0.6 is 0 Å². The van der Waals surface area contributed by atoms with Crippen LogP contribution in [0.1, 0.15) is 127 Å². The summed E-state index contributed by atoms with van der Waals surface area (Å²) < 4.78 is 4.73. The Morgan fingerprint density at radius 2 is 1.09 bits per heavy atom. The van der Waals surface area contributed by atoms with Crippen LogP contribution in [0.15, 0.2) is 42.7 Å². The zero-order chi connectivity index (χ0) is 22.7. The molecule has 0 saturated heterocycles. The normalized spacial score (nSPS) is 11.3. The van der Waals surface area contributed by atoms with Crippen molar-refractivity contribution in [2.75, 3.05) is 0 Å². The van der Waals surface area contributed by atoms with Crippen molar-refractivity contribution in [1.29, 1.82) is 0 Å². The lowest BCUT2D eigenvalue weighted by molar-refractivity contribution is -0.678. The second-order valence-corrected chi connectivity index (χ2v) is 9.84. The minimum atomic E-state index is 1.02. The lowest BCUT2D eigenvalue weighted by Gasteiger charge is -2.05. The molecule has 1 aromatic heterocycles. The van der Waals surface area contributed by atoms with Crippen molar-refractivity contribution in [3.8, 4) is 0 Å². The molecule has 1 aromatic carbocycles. The molecule has 0 amide bonds. The lowest BCUT2D eigenvalue weighted by atomic mass is 10.0. The van der Waals surface area contributed by atoms with Crippen LogP contribution < -0.4 is 4.57 Å². The first kappa shape index (κ1) is 26.7. The SMILES string of the molecule is CCCCCCCCCCCCCCCCCCCn1cc[n+](C)c1Cc1ccccc1. The number of unbranched alkanes of at least 4 members (excludes halogenated alkanes) is 16. The maximum Gasteiger partial charge on any atom is 0.260 e. The van der Waals surface area contributed by atoms with Crippen LogP contribution in [0.5, 0.6) is 0 Å². The van der Waals surface area contributed by atoms with Gasteiger partial charge in [-0.2, -0.15) is 0 Å². The van der Waals surface area contributed by atoms with Crippen LogP contribution in [0.4, 0.5) is 0 Å². The van der Waals surface area contributed by atoms with Crippen molar-refractivity contribution >= 4 is 0 Å². The molecule has 0 aliphatic carbocycles. The minimum absolute atomic E-state index is 1.02. The van der Waals surface area contributed by atoms with Gasteiger partial charge < -0.3 is 0 Å². The number of hydrogen-bond donors (Lipinski definition) is 0. The van der Waals surface area contributed by atoms with Crippen LogP contribution in [0.25, 0.3) is 0 Å². The Labute approximate surface area is 199 Å². The first-order valence-electron chi connectivity index (χ1n) is 13.9. The largest absolute Gasteiger partial charge is 0.260 e. The molecule has 2 aromatic rings. The highest BCUT2D eigenvalue weighted by atomic mass is 15.1. The predicted octanol–water partition coefficient (Wildman–Crippen LogP) is 8.56. The average Bonchev–Trinajstić information content (AvgIpc) is 3.15. The summed E-state index contributed by atoms with van der Waals surface area (Å²) in [5.41, 5.74) is 1.39. The molecule has 2 nitrogen and oxygen atoms in total. The summed E-state index contributed by atoms with van der Waals surface area (Å²) >= 11 is 0. The van der Waals surface area contributed by atoms with E-state index >= 15 is 0 Å². The van der Waals surface area contributed by atoms with Crippen molar-refractivity contribution in [3.63, 3.8) is 0 Å². The summed E-state index contributed by atoms with van der Waals surface area (Å²) in [6, 6.07) is 10.8. The highest BCUT2D eigenvalue weighted by Gasteiger charge is 2.14. The Balaban J connectivity index is 1.40. The molecule has 0 aliphatic rings. The molecule has 0 N–H and O–H groups in total. The van der Waals surface area contributed by atoms with Crippen LogP contribution in [-0.2, 0) is 20.0 Å². The molecule has 0 spiro atoms. The van der Waals surface area contributed by atoms with E-state index in [9.17, 15) is 0 Å². The summed E-state index contributed by atoms with van der Waals surface area (Å²) in [5.74, 6) is 1.41. The summed E-state index contributed by atoms with van der Waals surface area (Å²) in [6.45, 7) is 3.45. The highest BCUT2D eigenvalue weighted by Crippen LogP contribution is 2.14. The lowest BCUT2D eigenvalue weighted by Crippen LogP contribution is -2.32. The van der Waals surface area contributed by atoms with Gasteiger partial charge >= 0.3 is 0 Å². The molecular weight excluding hydrogens is 388 g/mol. The Morgan fingerprint density at radius 3 is 1.59 bits per heavy atom. The molecule has 0 bridgehead atoms. The first-order chi connectivity index (χ1) is 15.8. The zero-order valence-electron chi connectivity index (χ0n) is 21.4. The van der Waals surface area contributed by atoms with Gasteiger partial charge in [0.25, 0.3) is 5.82 Å². The molecule has 1 heterocycles. The van der Waals surface area contributed by atoms with E-state index in [4.69, 9.17) is 0 Å². The molecule has 0 atom stereocenters. The number of hydrogen-bond acceptors (Lipinski definition) is 0. The Morgan fingerprint density at radius 1 is 0.625 bits per heavy atom. The topological polar surface area (TPSA) is 8.81 Å². The van der Waals surface area contributed by atoms with E-state index in [1.54, 1.807) is 0 Å². The third-order valence-electron chi connectivity index (χ3n) is 6.92. The van der Waals surface area contributed by atoms with E-state index < -0.39 is 0 Å². The molecule has 2 rings (SSSR count). The van der Waals surface area contributed by atoms with Gasteiger partial charge in [0.15, 0.2) is 0 Å². The minimum Gasteiger partial charge on any atom is -0.237 e. The number of rotatable bonds is 20. The number of benzene rings is 1. The van der Waals surface area contributed by atoms with Gasteiger partial charge in [0.2, 0.25) is 0 Å². The number of aromatic nitrogens is 2. The zero-order valence-corrected chi connectivity index (χ0v) is 21.4. The third-order valence-corrected chi connectivity index (χ3v) is 6.92. The second kappa shape index (κ2) is 17.9. The van der Waals surface area contributed by atoms with Crippen molar-refractivity contribution in [2.24, 2.45) is 7.05 Å². The fourth-order valence-electron chi connectivity index (χ4n) is 4.77. The number of imidazole rings is 1. The van der Waals surface area contributed by atoms with Crippen molar-refractivity contribution in [3.05, 3.63) is 54.1 Å². The second-order valence-electron chi connectivity index (χ2n) is 9.84. The van der Waals surface area contributed by atoms with E-state index in [1.165, 1.54) is 121 Å². The molecule has 0 aliphatic heterocycles. The van der Waals surface area contributed by atoms with Crippen LogP contribution in [0, 0.1) is 0 Å². The van der Waals surface area contributed by atoms with Gasteiger partial charge in [-0.15, -0.1) is 0 Å². The number of aryl methyl sites for hydroxylation is 2. The van der Waals surface area contributed by atoms with Crippen molar-refractivity contribution < 1.29 is 4.57 Å². The molecule has 0 radical (unpaired) electrons. The molecule has 180 valence electrons. The van der Waals surface area contributed by atoms with Gasteiger partial charge in [-0.25, -0.2) is 9.13 Å². The highest BCUT2D eigenvalue weighted by molar-refractivity contribution is 5.18. The molecule has 2 heteroatoms. The molecule has 0 unspecified atom stereocenters. The fraction of sp³-hybridized carbons (Fsp3) is 0.700. The standard InChI is InChI=1S/C30H51N2/c1-3-4-5-6-7-8-9-10-11-12-13-14-15-16-17-18-22-25-32-27-26-31(2)30(32)28-29-23-20-19-21-24-29/h19-21,23-24,26-27H,3-18,22,25,28H2,1-2H3/q+1. The van der Waals surface area contributed by atoms with E-state index in [0.717, 1.165) is 13.0 Å². The van der Waals surface area contributed by atoms with E-state index in [-0.39, 0.29) is 0 Å². The van der Waals surface area contributed by atoms with Gasteiger partial charge in [0, 0.05) is 0 Å². The first-order valence-corrected chi connectivity index (χ1v) is 13.9. The van der Waals surface area contributed by atoms with E-state index in [2.05, 4.69) is 65.8 Å². The van der Waals surface area contributed by atoms with Gasteiger partial charge in [-0.05, 0) is 18.4 Å². The maximum absolute atomic E-state index is 2.46. The summed E-state index contributed by atoms with van der Waals surface area (Å²) in [6.07, 6.45) is 29.8. The van der Waals surface area contributed by atoms with Gasteiger partial charge in [-0.1, -0.05) is 134 Å². The summed E-state index contributed by atoms with van der Waals surface area (Å²) in [7, 11) is 2.17. The molecule has 0 fully saturated rings. The molecule has 32 heavy (non-hydrogen) atoms. The smallest absolute Gasteiger partial charge is 0.237 e. The van der Waals surface area contributed by atoms with Crippen molar-refractivity contribution in [2.45, 2.75) is 129 Å². The van der Waals surface area contributed by atoms with Crippen LogP contribution in [0.2, 0.25) is 0 Å². The summed E-state index contributed by atoms with van der Waals surface area (Å²) in [4.78, 5) is 0. The molecular formula is C30H51N2+. The quantitative estimate of drug-likeness (QED) is 0.144. The van der Waals surface area contributed by atoms with E-state index in [1.807, 2.05) is 0 Å². The predicted molar refractivity (Wildman–Crippen MR) is 139 cm³/mol. The van der Waals surface area contributed by atoms with Gasteiger partial charge in [0.1, 0.15) is 12.4 Å². The monoisotopic (exact) mass is 439 g/mol. The summed E-state index contributed by atoms with van der Waals surface area (Å²) in [5, 5.41) is 0. The van der Waals surface area contributed by atoms with Crippen LogP contribution in [0.3, 0.4) is 0 Å². The third kappa shape index (κ3) is 11.9. The van der Waals surface area contributed by atoms with E-state index in [0.29, 0.717) is 0 Å². The number of nitrogens with zero attached hydrogens (tertiary/aromatic N) is 2. The van der Waals surface area contributed by atoms with Gasteiger partial charge in [0.05, 0.1) is 20.0 Å². The van der Waals surface area contributed by atoms with Crippen LogP contribution in [-0.4, -0.2) is 4.57 Å². The fourth-order valence-corrected chi connectivity index (χ4v) is 4.77. The van der Waals surface area contributed by atoms with Crippen molar-refractivity contribution in [1.82, 2.24) is 4.57 Å². The van der Waals surface area contributed by atoms with Gasteiger partial charge in [-0.3, -0.25) is 0 Å². The molecule has 0 saturated carbocycles.